The number of fused-ring (bicyclic) bond motifs is 1. The van der Waals surface area contributed by atoms with Crippen LogP contribution in [0, 0.1) is 6.92 Å². The predicted molar refractivity (Wildman–Crippen MR) is 91.3 cm³/mol. The highest BCUT2D eigenvalue weighted by Gasteiger charge is 2.19. The lowest BCUT2D eigenvalue weighted by Gasteiger charge is -2.10. The summed E-state index contributed by atoms with van der Waals surface area (Å²) in [7, 11) is 0. The standard InChI is InChI=1S/C16H19N5O2S/c1-11-4-5-14-17-12(8-20(14)7-11)10-24-16-19-18-15(22)21(16)9-13-3-2-6-23-13/h4-5,7-8,13H,2-3,6,9-10H2,1H3,(H,18,22). The fourth-order valence-electron chi connectivity index (χ4n) is 2.93. The third-order valence-corrected chi connectivity index (χ3v) is 5.14. The number of nitrogens with one attached hydrogen (secondary N) is 1. The first-order chi connectivity index (χ1) is 11.7. The molecular formula is C16H19N5O2S. The summed E-state index contributed by atoms with van der Waals surface area (Å²) in [4.78, 5) is 16.6. The van der Waals surface area contributed by atoms with Gasteiger partial charge in [0.2, 0.25) is 0 Å². The smallest absolute Gasteiger partial charge is 0.344 e. The second-order valence-electron chi connectivity index (χ2n) is 6.05. The van der Waals surface area contributed by atoms with Gasteiger partial charge in [0, 0.05) is 24.8 Å². The van der Waals surface area contributed by atoms with Crippen molar-refractivity contribution in [3.63, 3.8) is 0 Å². The van der Waals surface area contributed by atoms with Crippen molar-refractivity contribution in [3.05, 3.63) is 46.3 Å². The molecule has 4 heterocycles. The highest BCUT2D eigenvalue weighted by Crippen LogP contribution is 2.21. The maximum Gasteiger partial charge on any atom is 0.344 e. The van der Waals surface area contributed by atoms with Crippen molar-refractivity contribution in [2.45, 2.75) is 43.3 Å². The molecule has 0 aromatic carbocycles. The molecule has 0 amide bonds. The minimum absolute atomic E-state index is 0.109. The largest absolute Gasteiger partial charge is 0.376 e. The molecule has 1 atom stereocenters. The number of hydrogen-bond donors (Lipinski definition) is 1. The summed E-state index contributed by atoms with van der Waals surface area (Å²) in [6, 6.07) is 4.05. The maximum absolute atomic E-state index is 12.0. The molecule has 0 radical (unpaired) electrons. The predicted octanol–water partition coefficient (Wildman–Crippen LogP) is 2.00. The molecule has 1 unspecified atom stereocenters. The number of nitrogens with zero attached hydrogens (tertiary/aromatic N) is 4. The Balaban J connectivity index is 1.49. The molecule has 0 aliphatic carbocycles. The van der Waals surface area contributed by atoms with Crippen molar-refractivity contribution >= 4 is 17.4 Å². The zero-order valence-electron chi connectivity index (χ0n) is 13.4. The van der Waals surface area contributed by atoms with Crippen LogP contribution in [-0.4, -0.2) is 36.9 Å². The lowest BCUT2D eigenvalue weighted by atomic mass is 10.2. The summed E-state index contributed by atoms with van der Waals surface area (Å²) in [5.41, 5.74) is 2.90. The summed E-state index contributed by atoms with van der Waals surface area (Å²) in [5, 5.41) is 7.36. The SMILES string of the molecule is Cc1ccc2nc(CSc3n[nH]c(=O)n3CC3CCCO3)cn2c1. The number of imidazole rings is 1. The van der Waals surface area contributed by atoms with Gasteiger partial charge in [-0.15, -0.1) is 5.10 Å². The monoisotopic (exact) mass is 345 g/mol. The van der Waals surface area contributed by atoms with Gasteiger partial charge in [-0.2, -0.15) is 0 Å². The molecule has 3 aromatic rings. The minimum Gasteiger partial charge on any atom is -0.376 e. The molecule has 0 spiro atoms. The Hall–Kier alpha value is -2.06. The van der Waals surface area contributed by atoms with Crippen molar-refractivity contribution in [2.75, 3.05) is 6.61 Å². The van der Waals surface area contributed by atoms with Gasteiger partial charge >= 0.3 is 5.69 Å². The van der Waals surface area contributed by atoms with Gasteiger partial charge in [-0.1, -0.05) is 17.8 Å². The molecule has 3 aromatic heterocycles. The van der Waals surface area contributed by atoms with E-state index in [1.54, 1.807) is 4.57 Å². The molecule has 0 bridgehead atoms. The molecule has 126 valence electrons. The van der Waals surface area contributed by atoms with E-state index in [0.29, 0.717) is 17.5 Å². The number of H-pyrrole nitrogens is 1. The van der Waals surface area contributed by atoms with Crippen LogP contribution >= 0.6 is 11.8 Å². The van der Waals surface area contributed by atoms with E-state index in [1.807, 2.05) is 22.7 Å². The number of aryl methyl sites for hydroxylation is 1. The zero-order chi connectivity index (χ0) is 16.5. The van der Waals surface area contributed by atoms with Crippen molar-refractivity contribution in [2.24, 2.45) is 0 Å². The summed E-state index contributed by atoms with van der Waals surface area (Å²) in [6.45, 7) is 3.39. The topological polar surface area (TPSA) is 77.2 Å². The van der Waals surface area contributed by atoms with Gasteiger partial charge in [0.05, 0.1) is 18.3 Å². The lowest BCUT2D eigenvalue weighted by molar-refractivity contribution is 0.0941. The van der Waals surface area contributed by atoms with Crippen molar-refractivity contribution < 1.29 is 4.74 Å². The van der Waals surface area contributed by atoms with Crippen LogP contribution in [0.25, 0.3) is 5.65 Å². The number of pyridine rings is 1. The molecular weight excluding hydrogens is 326 g/mol. The van der Waals surface area contributed by atoms with Crippen LogP contribution < -0.4 is 5.69 Å². The fourth-order valence-corrected chi connectivity index (χ4v) is 3.77. The van der Waals surface area contributed by atoms with Gasteiger partial charge in [-0.05, 0) is 31.4 Å². The Morgan fingerprint density at radius 3 is 3.17 bits per heavy atom. The Morgan fingerprint density at radius 1 is 1.42 bits per heavy atom. The maximum atomic E-state index is 12.0. The number of hydrogen-bond acceptors (Lipinski definition) is 5. The molecule has 24 heavy (non-hydrogen) atoms. The number of ether oxygens (including phenoxy) is 1. The van der Waals surface area contributed by atoms with Crippen molar-refractivity contribution in [3.8, 4) is 0 Å². The van der Waals surface area contributed by atoms with Crippen LogP contribution in [0.3, 0.4) is 0 Å². The van der Waals surface area contributed by atoms with Gasteiger partial charge in [-0.25, -0.2) is 14.9 Å². The summed E-state index contributed by atoms with van der Waals surface area (Å²) in [6.07, 6.45) is 6.23. The first-order valence-corrected chi connectivity index (χ1v) is 9.01. The van der Waals surface area contributed by atoms with Crippen LogP contribution in [0.4, 0.5) is 0 Å². The molecule has 1 saturated heterocycles. The van der Waals surface area contributed by atoms with Gasteiger partial charge in [0.15, 0.2) is 5.16 Å². The van der Waals surface area contributed by atoms with Gasteiger partial charge < -0.3 is 9.14 Å². The van der Waals surface area contributed by atoms with E-state index in [-0.39, 0.29) is 11.8 Å². The number of rotatable bonds is 5. The highest BCUT2D eigenvalue weighted by molar-refractivity contribution is 7.98. The van der Waals surface area contributed by atoms with Crippen LogP contribution in [0.2, 0.25) is 0 Å². The van der Waals surface area contributed by atoms with Crippen molar-refractivity contribution in [1.29, 1.82) is 0 Å². The van der Waals surface area contributed by atoms with E-state index in [2.05, 4.69) is 28.3 Å². The molecule has 1 aliphatic heterocycles. The van der Waals surface area contributed by atoms with E-state index >= 15 is 0 Å². The number of aromatic nitrogens is 5. The molecule has 1 N–H and O–H groups in total. The lowest BCUT2D eigenvalue weighted by Crippen LogP contribution is -2.24. The number of thioether (sulfide) groups is 1. The molecule has 4 rings (SSSR count). The van der Waals surface area contributed by atoms with Gasteiger partial charge in [0.25, 0.3) is 0 Å². The Bertz CT molecular complexity index is 907. The van der Waals surface area contributed by atoms with Gasteiger partial charge in [-0.3, -0.25) is 4.57 Å². The Kier molecular flexibility index (Phi) is 4.15. The normalized spacial score (nSPS) is 17.8. The van der Waals surface area contributed by atoms with Crippen LogP contribution in [0.1, 0.15) is 24.1 Å². The Morgan fingerprint density at radius 2 is 2.33 bits per heavy atom. The quantitative estimate of drug-likeness (QED) is 0.716. The highest BCUT2D eigenvalue weighted by atomic mass is 32.2. The van der Waals surface area contributed by atoms with E-state index in [0.717, 1.165) is 30.8 Å². The van der Waals surface area contributed by atoms with Crippen molar-refractivity contribution in [1.82, 2.24) is 24.1 Å². The third kappa shape index (κ3) is 3.11. The fraction of sp³-hybridized carbons (Fsp3) is 0.438. The first kappa shape index (κ1) is 15.5. The molecule has 1 aliphatic rings. The van der Waals surface area contributed by atoms with E-state index in [1.165, 1.54) is 17.3 Å². The van der Waals surface area contributed by atoms with Crippen LogP contribution in [-0.2, 0) is 17.0 Å². The Labute approximate surface area is 143 Å². The first-order valence-electron chi connectivity index (χ1n) is 8.03. The number of aromatic amines is 1. The van der Waals surface area contributed by atoms with Crippen LogP contribution in [0.5, 0.6) is 0 Å². The molecule has 7 nitrogen and oxygen atoms in total. The molecule has 8 heteroatoms. The second-order valence-corrected chi connectivity index (χ2v) is 6.99. The third-order valence-electron chi connectivity index (χ3n) is 4.13. The van der Waals surface area contributed by atoms with E-state index in [9.17, 15) is 4.79 Å². The summed E-state index contributed by atoms with van der Waals surface area (Å²) < 4.78 is 9.31. The summed E-state index contributed by atoms with van der Waals surface area (Å²) >= 11 is 1.51. The summed E-state index contributed by atoms with van der Waals surface area (Å²) in [5.74, 6) is 0.663. The zero-order valence-corrected chi connectivity index (χ0v) is 14.3. The van der Waals surface area contributed by atoms with E-state index in [4.69, 9.17) is 4.74 Å². The minimum atomic E-state index is -0.182. The molecule has 0 saturated carbocycles. The second kappa shape index (κ2) is 6.45. The van der Waals surface area contributed by atoms with Gasteiger partial charge in [0.1, 0.15) is 5.65 Å². The molecule has 1 fully saturated rings. The average Bonchev–Trinajstić information content (AvgIpc) is 3.27. The van der Waals surface area contributed by atoms with Crippen LogP contribution in [0.15, 0.2) is 34.5 Å². The average molecular weight is 345 g/mol. The van der Waals surface area contributed by atoms with E-state index < -0.39 is 0 Å².